The molecule has 3 aromatic rings. The molecule has 1 aliphatic rings. The van der Waals surface area contributed by atoms with Gasteiger partial charge in [-0.05, 0) is 35.4 Å². The highest BCUT2D eigenvalue weighted by molar-refractivity contribution is 7.88. The lowest BCUT2D eigenvalue weighted by Crippen LogP contribution is -2.50. The molecule has 0 spiro atoms. The molecular formula is C25H21F3N2O4S. The van der Waals surface area contributed by atoms with Crippen LogP contribution in [0.3, 0.4) is 0 Å². The maximum Gasteiger partial charge on any atom is 0.416 e. The molecule has 0 radical (unpaired) electrons. The summed E-state index contributed by atoms with van der Waals surface area (Å²) >= 11 is 0. The Kier molecular flexibility index (Phi) is 6.52. The fourth-order valence-electron chi connectivity index (χ4n) is 3.95. The van der Waals surface area contributed by atoms with E-state index in [2.05, 4.69) is 9.71 Å². The maximum absolute atomic E-state index is 13.5. The van der Waals surface area contributed by atoms with E-state index in [0.717, 1.165) is 30.5 Å². The van der Waals surface area contributed by atoms with Crippen LogP contribution < -0.4 is 4.72 Å². The Hall–Kier alpha value is -3.50. The second-order valence-corrected chi connectivity index (χ2v) is 9.98. The zero-order valence-electron chi connectivity index (χ0n) is 18.5. The summed E-state index contributed by atoms with van der Waals surface area (Å²) in [5.41, 5.74) is -1.42. The summed E-state index contributed by atoms with van der Waals surface area (Å²) in [6, 6.07) is 20.0. The molecule has 0 unspecified atom stereocenters. The average molecular weight is 503 g/mol. The number of hydrogen-bond acceptors (Lipinski definition) is 5. The highest BCUT2D eigenvalue weighted by Gasteiger charge is 2.54. The van der Waals surface area contributed by atoms with Crippen LogP contribution in [0, 0.1) is 0 Å². The van der Waals surface area contributed by atoms with E-state index in [-0.39, 0.29) is 17.9 Å². The molecule has 2 atom stereocenters. The number of sulfonamides is 1. The number of carbonyl (C=O) groups is 1. The van der Waals surface area contributed by atoms with Gasteiger partial charge in [-0.3, -0.25) is 0 Å². The van der Waals surface area contributed by atoms with Crippen molar-refractivity contribution in [1.82, 2.24) is 4.72 Å². The molecule has 1 aliphatic heterocycles. The molecule has 0 amide bonds. The van der Waals surface area contributed by atoms with Crippen LogP contribution in [0.15, 0.2) is 89.9 Å². The SMILES string of the molecule is CS(=O)(=O)N[C@H](c1ccc(C(F)(F)F)cc1)[C@@]1(Cc2ccccc2)N=C(c2ccccc2)OC1=O. The number of benzene rings is 3. The van der Waals surface area contributed by atoms with Crippen LogP contribution in [-0.2, 0) is 32.2 Å². The minimum atomic E-state index is -4.58. The van der Waals surface area contributed by atoms with Gasteiger partial charge in [0, 0.05) is 12.0 Å². The van der Waals surface area contributed by atoms with Gasteiger partial charge in [-0.25, -0.2) is 22.9 Å². The molecule has 0 fully saturated rings. The molecule has 1 heterocycles. The second-order valence-electron chi connectivity index (χ2n) is 8.20. The average Bonchev–Trinajstić information content (AvgIpc) is 3.14. The lowest BCUT2D eigenvalue weighted by molar-refractivity contribution is -0.140. The van der Waals surface area contributed by atoms with Gasteiger partial charge in [0.05, 0.1) is 17.9 Å². The Morgan fingerprint density at radius 2 is 1.51 bits per heavy atom. The number of hydrogen-bond donors (Lipinski definition) is 1. The summed E-state index contributed by atoms with van der Waals surface area (Å²) in [5, 5.41) is 0. The molecule has 6 nitrogen and oxygen atoms in total. The van der Waals surface area contributed by atoms with Crippen molar-refractivity contribution < 1.29 is 31.1 Å². The van der Waals surface area contributed by atoms with Crippen LogP contribution in [0.2, 0.25) is 0 Å². The number of alkyl halides is 3. The number of rotatable bonds is 7. The summed E-state index contributed by atoms with van der Waals surface area (Å²) in [6.45, 7) is 0. The van der Waals surface area contributed by atoms with Gasteiger partial charge >= 0.3 is 12.1 Å². The highest BCUT2D eigenvalue weighted by Crippen LogP contribution is 2.40. The third kappa shape index (κ3) is 5.44. The summed E-state index contributed by atoms with van der Waals surface area (Å²) in [5.74, 6) is -0.819. The topological polar surface area (TPSA) is 84.8 Å². The Bertz CT molecular complexity index is 1340. The van der Waals surface area contributed by atoms with Crippen molar-refractivity contribution in [3.8, 4) is 0 Å². The molecular weight excluding hydrogens is 481 g/mol. The normalized spacial score (nSPS) is 19.2. The Morgan fingerprint density at radius 3 is 2.06 bits per heavy atom. The predicted molar refractivity (Wildman–Crippen MR) is 124 cm³/mol. The quantitative estimate of drug-likeness (QED) is 0.489. The molecule has 182 valence electrons. The van der Waals surface area contributed by atoms with Gasteiger partial charge in [-0.15, -0.1) is 0 Å². The van der Waals surface area contributed by atoms with E-state index < -0.39 is 39.3 Å². The molecule has 0 bridgehead atoms. The predicted octanol–water partition coefficient (Wildman–Crippen LogP) is 4.28. The van der Waals surface area contributed by atoms with E-state index in [1.54, 1.807) is 60.7 Å². The molecule has 0 saturated heterocycles. The van der Waals surface area contributed by atoms with E-state index in [9.17, 15) is 26.4 Å². The van der Waals surface area contributed by atoms with Crippen molar-refractivity contribution in [3.05, 3.63) is 107 Å². The van der Waals surface area contributed by atoms with Crippen LogP contribution >= 0.6 is 0 Å². The van der Waals surface area contributed by atoms with Gasteiger partial charge in [0.2, 0.25) is 15.9 Å². The van der Waals surface area contributed by atoms with E-state index in [0.29, 0.717) is 11.1 Å². The molecule has 0 aliphatic carbocycles. The van der Waals surface area contributed by atoms with Crippen molar-refractivity contribution in [3.63, 3.8) is 0 Å². The van der Waals surface area contributed by atoms with Crippen LogP contribution in [0.1, 0.15) is 28.3 Å². The monoisotopic (exact) mass is 502 g/mol. The molecule has 0 saturated carbocycles. The first-order chi connectivity index (χ1) is 16.5. The Morgan fingerprint density at radius 1 is 0.943 bits per heavy atom. The van der Waals surface area contributed by atoms with Crippen molar-refractivity contribution >= 4 is 21.9 Å². The van der Waals surface area contributed by atoms with Crippen LogP contribution in [-0.4, -0.2) is 32.1 Å². The maximum atomic E-state index is 13.5. The number of carbonyl (C=O) groups excluding carboxylic acids is 1. The molecule has 35 heavy (non-hydrogen) atoms. The highest BCUT2D eigenvalue weighted by atomic mass is 32.2. The smallest absolute Gasteiger partial charge is 0.405 e. The standard InChI is InChI=1S/C25H21F3N2O4S/c1-35(32,33)30-21(18-12-14-20(15-13-18)25(26,27)28)24(16-17-8-4-2-5-9-17)23(31)34-22(29-24)19-10-6-3-7-11-19/h2-15,21,30H,16H2,1H3/t21-,24-/m1/s1. The van der Waals surface area contributed by atoms with Crippen molar-refractivity contribution in [1.29, 1.82) is 0 Å². The van der Waals surface area contributed by atoms with Crippen LogP contribution in [0.4, 0.5) is 13.2 Å². The first-order valence-corrected chi connectivity index (χ1v) is 12.4. The summed E-state index contributed by atoms with van der Waals surface area (Å²) in [6.07, 6.45) is -3.73. The van der Waals surface area contributed by atoms with Gasteiger partial charge < -0.3 is 4.74 Å². The third-order valence-corrected chi connectivity index (χ3v) is 6.23. The zero-order valence-corrected chi connectivity index (χ0v) is 19.3. The third-order valence-electron chi connectivity index (χ3n) is 5.56. The van der Waals surface area contributed by atoms with Crippen molar-refractivity contribution in [2.24, 2.45) is 4.99 Å². The van der Waals surface area contributed by atoms with Crippen LogP contribution in [0.25, 0.3) is 0 Å². The summed E-state index contributed by atoms with van der Waals surface area (Å²) < 4.78 is 72.1. The second kappa shape index (κ2) is 9.27. The molecule has 1 N–H and O–H groups in total. The van der Waals surface area contributed by atoms with E-state index in [1.165, 1.54) is 0 Å². The van der Waals surface area contributed by atoms with Gasteiger partial charge in [0.15, 0.2) is 5.54 Å². The molecule has 4 rings (SSSR count). The van der Waals surface area contributed by atoms with Gasteiger partial charge in [0.1, 0.15) is 0 Å². The Labute approximate surface area is 200 Å². The molecule has 0 aromatic heterocycles. The lowest BCUT2D eigenvalue weighted by atomic mass is 9.81. The molecule has 3 aromatic carbocycles. The number of cyclic esters (lactones) is 1. The first kappa shape index (κ1) is 24.6. The number of aliphatic imine (C=N–C) groups is 1. The largest absolute Gasteiger partial charge is 0.416 e. The number of nitrogens with one attached hydrogen (secondary N) is 1. The molecule has 10 heteroatoms. The summed E-state index contributed by atoms with van der Waals surface area (Å²) in [7, 11) is -3.93. The van der Waals surface area contributed by atoms with Gasteiger partial charge in [-0.1, -0.05) is 60.7 Å². The van der Waals surface area contributed by atoms with Crippen LogP contribution in [0.5, 0.6) is 0 Å². The number of halogens is 3. The Balaban J connectivity index is 1.90. The fraction of sp³-hybridized carbons (Fsp3) is 0.200. The van der Waals surface area contributed by atoms with E-state index in [1.807, 2.05) is 0 Å². The number of esters is 1. The first-order valence-electron chi connectivity index (χ1n) is 10.5. The minimum absolute atomic E-state index is 0.00116. The number of nitrogens with zero attached hydrogens (tertiary/aromatic N) is 1. The fourth-order valence-corrected chi connectivity index (χ4v) is 4.71. The van der Waals surface area contributed by atoms with Crippen molar-refractivity contribution in [2.75, 3.05) is 6.26 Å². The van der Waals surface area contributed by atoms with E-state index >= 15 is 0 Å². The number of ether oxygens (including phenoxy) is 1. The van der Waals surface area contributed by atoms with Crippen molar-refractivity contribution in [2.45, 2.75) is 24.2 Å². The van der Waals surface area contributed by atoms with E-state index in [4.69, 9.17) is 4.74 Å². The van der Waals surface area contributed by atoms with Gasteiger partial charge in [-0.2, -0.15) is 13.2 Å². The van der Waals surface area contributed by atoms with Gasteiger partial charge in [0.25, 0.3) is 0 Å². The minimum Gasteiger partial charge on any atom is -0.405 e. The summed E-state index contributed by atoms with van der Waals surface area (Å²) in [4.78, 5) is 18.1. The lowest BCUT2D eigenvalue weighted by Gasteiger charge is -2.32. The zero-order chi connectivity index (χ0) is 25.3.